The largest absolute Gasteiger partial charge is 0.341 e. The summed E-state index contributed by atoms with van der Waals surface area (Å²) in [6, 6.07) is 9.45. The van der Waals surface area contributed by atoms with E-state index in [1.165, 1.54) is 0 Å². The first-order valence-corrected chi connectivity index (χ1v) is 9.32. The number of amides is 1. The van der Waals surface area contributed by atoms with Gasteiger partial charge in [0.25, 0.3) is 0 Å². The quantitative estimate of drug-likeness (QED) is 0.839. The van der Waals surface area contributed by atoms with Gasteiger partial charge in [-0.2, -0.15) is 5.10 Å². The van der Waals surface area contributed by atoms with Gasteiger partial charge in [0.1, 0.15) is 0 Å². The van der Waals surface area contributed by atoms with Gasteiger partial charge in [0.05, 0.1) is 29.8 Å². The van der Waals surface area contributed by atoms with Gasteiger partial charge >= 0.3 is 0 Å². The minimum atomic E-state index is -2.99. The van der Waals surface area contributed by atoms with E-state index in [0.29, 0.717) is 6.42 Å². The van der Waals surface area contributed by atoms with E-state index in [-0.39, 0.29) is 29.9 Å². The smallest absolute Gasteiger partial charge is 0.227 e. The molecule has 1 amide bonds. The summed E-state index contributed by atoms with van der Waals surface area (Å²) in [5, 5.41) is 4.27. The molecule has 1 aromatic heterocycles. The summed E-state index contributed by atoms with van der Waals surface area (Å²) in [4.78, 5) is 13.9. The average Bonchev–Trinajstić information content (AvgIpc) is 3.14. The predicted molar refractivity (Wildman–Crippen MR) is 87.1 cm³/mol. The van der Waals surface area contributed by atoms with Crippen molar-refractivity contribution in [3.63, 3.8) is 0 Å². The van der Waals surface area contributed by atoms with Crippen molar-refractivity contribution in [2.45, 2.75) is 18.9 Å². The molecular formula is C16H19N3O3S. The lowest BCUT2D eigenvalue weighted by Crippen LogP contribution is -2.38. The van der Waals surface area contributed by atoms with E-state index in [1.807, 2.05) is 36.5 Å². The standard InChI is InChI=1S/C16H19N3O3S/c1-18(15-7-8-23(21,22)12-15)16(20)9-13-10-17-19(11-13)14-5-3-2-4-6-14/h2-6,10-11,15H,7-9,12H2,1H3/t15-/m1/s1. The third-order valence-corrected chi connectivity index (χ3v) is 5.91. The Morgan fingerprint density at radius 3 is 2.74 bits per heavy atom. The van der Waals surface area contributed by atoms with Crippen molar-refractivity contribution in [3.8, 4) is 5.69 Å². The Balaban J connectivity index is 1.66. The highest BCUT2D eigenvalue weighted by molar-refractivity contribution is 7.91. The van der Waals surface area contributed by atoms with Gasteiger partial charge in [-0.1, -0.05) is 18.2 Å². The van der Waals surface area contributed by atoms with Crippen molar-refractivity contribution in [1.29, 1.82) is 0 Å². The molecule has 0 unspecified atom stereocenters. The van der Waals surface area contributed by atoms with E-state index in [2.05, 4.69) is 5.10 Å². The monoisotopic (exact) mass is 333 g/mol. The molecule has 0 radical (unpaired) electrons. The van der Waals surface area contributed by atoms with Gasteiger partial charge < -0.3 is 4.90 Å². The van der Waals surface area contributed by atoms with Crippen LogP contribution in [-0.4, -0.2) is 53.6 Å². The van der Waals surface area contributed by atoms with Crippen LogP contribution < -0.4 is 0 Å². The number of nitrogens with zero attached hydrogens (tertiary/aromatic N) is 3. The molecule has 23 heavy (non-hydrogen) atoms. The number of sulfone groups is 1. The van der Waals surface area contributed by atoms with Crippen LogP contribution in [0.2, 0.25) is 0 Å². The van der Waals surface area contributed by atoms with E-state index in [4.69, 9.17) is 0 Å². The van der Waals surface area contributed by atoms with Gasteiger partial charge in [-0.15, -0.1) is 0 Å². The number of rotatable bonds is 4. The van der Waals surface area contributed by atoms with Gasteiger partial charge in [-0.3, -0.25) is 4.79 Å². The summed E-state index contributed by atoms with van der Waals surface area (Å²) in [5.41, 5.74) is 1.74. The molecule has 1 aliphatic heterocycles. The summed E-state index contributed by atoms with van der Waals surface area (Å²) in [6.07, 6.45) is 4.24. The fourth-order valence-electron chi connectivity index (χ4n) is 2.76. The first-order valence-electron chi connectivity index (χ1n) is 7.50. The highest BCUT2D eigenvalue weighted by Crippen LogP contribution is 2.17. The SMILES string of the molecule is CN(C(=O)Cc1cnn(-c2ccccc2)c1)[C@@H]1CCS(=O)(=O)C1. The number of carbonyl (C=O) groups excluding carboxylic acids is 1. The zero-order chi connectivity index (χ0) is 16.4. The van der Waals surface area contributed by atoms with Gasteiger partial charge in [-0.25, -0.2) is 13.1 Å². The van der Waals surface area contributed by atoms with Crippen LogP contribution in [-0.2, 0) is 21.1 Å². The molecule has 122 valence electrons. The predicted octanol–water partition coefficient (Wildman–Crippen LogP) is 1.06. The minimum absolute atomic E-state index is 0.0680. The first-order chi connectivity index (χ1) is 10.9. The van der Waals surface area contributed by atoms with Crippen LogP contribution in [0.15, 0.2) is 42.7 Å². The summed E-state index contributed by atoms with van der Waals surface area (Å²) in [7, 11) is -1.31. The maximum atomic E-state index is 12.4. The van der Waals surface area contributed by atoms with E-state index in [9.17, 15) is 13.2 Å². The Bertz CT molecular complexity index is 799. The van der Waals surface area contributed by atoms with E-state index < -0.39 is 9.84 Å². The van der Waals surface area contributed by atoms with Crippen molar-refractivity contribution in [2.75, 3.05) is 18.6 Å². The highest BCUT2D eigenvalue weighted by Gasteiger charge is 2.32. The van der Waals surface area contributed by atoms with E-state index in [1.54, 1.807) is 22.8 Å². The Hall–Kier alpha value is -2.15. The lowest BCUT2D eigenvalue weighted by atomic mass is 10.2. The highest BCUT2D eigenvalue weighted by atomic mass is 32.2. The zero-order valence-electron chi connectivity index (χ0n) is 12.9. The van der Waals surface area contributed by atoms with E-state index in [0.717, 1.165) is 11.3 Å². The Morgan fingerprint density at radius 2 is 2.09 bits per heavy atom. The lowest BCUT2D eigenvalue weighted by molar-refractivity contribution is -0.130. The zero-order valence-corrected chi connectivity index (χ0v) is 13.7. The van der Waals surface area contributed by atoms with Crippen molar-refractivity contribution in [2.24, 2.45) is 0 Å². The second kappa shape index (κ2) is 6.16. The fourth-order valence-corrected chi connectivity index (χ4v) is 4.53. The summed E-state index contributed by atoms with van der Waals surface area (Å²) in [5.74, 6) is 0.152. The molecule has 2 heterocycles. The lowest BCUT2D eigenvalue weighted by Gasteiger charge is -2.23. The van der Waals surface area contributed by atoms with E-state index >= 15 is 0 Å². The molecule has 0 bridgehead atoms. The molecule has 3 rings (SSSR count). The van der Waals surface area contributed by atoms with Gasteiger partial charge in [0.2, 0.25) is 5.91 Å². The van der Waals surface area contributed by atoms with Crippen LogP contribution in [0.3, 0.4) is 0 Å². The molecule has 1 fully saturated rings. The van der Waals surface area contributed by atoms with Crippen LogP contribution in [0.25, 0.3) is 5.69 Å². The molecule has 1 atom stereocenters. The maximum Gasteiger partial charge on any atom is 0.227 e. The second-order valence-corrected chi connectivity index (χ2v) is 8.10. The molecule has 2 aromatic rings. The number of para-hydroxylation sites is 1. The van der Waals surface area contributed by atoms with Crippen molar-refractivity contribution in [3.05, 3.63) is 48.3 Å². The molecular weight excluding hydrogens is 314 g/mol. The fraction of sp³-hybridized carbons (Fsp3) is 0.375. The molecule has 0 N–H and O–H groups in total. The summed E-state index contributed by atoms with van der Waals surface area (Å²) in [6.45, 7) is 0. The number of hydrogen-bond acceptors (Lipinski definition) is 4. The normalized spacial score (nSPS) is 19.6. The Morgan fingerprint density at radius 1 is 1.35 bits per heavy atom. The molecule has 1 aliphatic rings. The Kier molecular flexibility index (Phi) is 4.21. The minimum Gasteiger partial charge on any atom is -0.341 e. The third-order valence-electron chi connectivity index (χ3n) is 4.16. The number of hydrogen-bond donors (Lipinski definition) is 0. The molecule has 0 aliphatic carbocycles. The van der Waals surface area contributed by atoms with Crippen LogP contribution in [0.4, 0.5) is 0 Å². The molecule has 1 saturated heterocycles. The first kappa shape index (κ1) is 15.7. The van der Waals surface area contributed by atoms with Crippen LogP contribution >= 0.6 is 0 Å². The number of aromatic nitrogens is 2. The molecule has 0 spiro atoms. The topological polar surface area (TPSA) is 72.3 Å². The van der Waals surface area contributed by atoms with Crippen LogP contribution in [0.1, 0.15) is 12.0 Å². The van der Waals surface area contributed by atoms with Gasteiger partial charge in [0, 0.05) is 19.3 Å². The van der Waals surface area contributed by atoms with Gasteiger partial charge in [-0.05, 0) is 24.1 Å². The number of benzene rings is 1. The Labute approximate surface area is 135 Å². The molecule has 0 saturated carbocycles. The molecule has 1 aromatic carbocycles. The maximum absolute atomic E-state index is 12.4. The summed E-state index contributed by atoms with van der Waals surface area (Å²) >= 11 is 0. The van der Waals surface area contributed by atoms with Crippen molar-refractivity contribution < 1.29 is 13.2 Å². The second-order valence-electron chi connectivity index (χ2n) is 5.87. The van der Waals surface area contributed by atoms with Crippen molar-refractivity contribution in [1.82, 2.24) is 14.7 Å². The number of likely N-dealkylation sites (N-methyl/N-ethyl adjacent to an activating group) is 1. The van der Waals surface area contributed by atoms with Crippen LogP contribution in [0.5, 0.6) is 0 Å². The summed E-state index contributed by atoms with van der Waals surface area (Å²) < 4.78 is 24.8. The van der Waals surface area contributed by atoms with Crippen LogP contribution in [0, 0.1) is 0 Å². The third kappa shape index (κ3) is 3.61. The molecule has 6 nitrogen and oxygen atoms in total. The molecule has 7 heteroatoms. The average molecular weight is 333 g/mol. The number of carbonyl (C=O) groups is 1. The van der Waals surface area contributed by atoms with Crippen molar-refractivity contribution >= 4 is 15.7 Å². The van der Waals surface area contributed by atoms with Gasteiger partial charge in [0.15, 0.2) is 9.84 Å².